The van der Waals surface area contributed by atoms with E-state index in [1.165, 1.54) is 12.1 Å². The summed E-state index contributed by atoms with van der Waals surface area (Å²) in [6.45, 7) is 1.68. The molecule has 1 aliphatic rings. The van der Waals surface area contributed by atoms with E-state index in [4.69, 9.17) is 5.73 Å². The van der Waals surface area contributed by atoms with Crippen LogP contribution >= 0.6 is 0 Å². The number of hydrogen-bond acceptors (Lipinski definition) is 2. The number of carbonyl (C=O) groups excluding carboxylic acids is 1. The topological polar surface area (TPSA) is 55.1 Å². The number of carbonyl (C=O) groups is 1. The molecule has 0 radical (unpaired) electrons. The molecule has 1 fully saturated rings. The van der Waals surface area contributed by atoms with Gasteiger partial charge < -0.3 is 11.1 Å². The summed E-state index contributed by atoms with van der Waals surface area (Å²) in [5.41, 5.74) is 6.14. The second-order valence-corrected chi connectivity index (χ2v) is 5.10. The summed E-state index contributed by atoms with van der Waals surface area (Å²) >= 11 is 0. The second kappa shape index (κ2) is 5.65. The molecule has 1 amide bonds. The van der Waals surface area contributed by atoms with Crippen molar-refractivity contribution in [2.24, 2.45) is 11.7 Å². The molecule has 104 valence electrons. The van der Waals surface area contributed by atoms with Crippen LogP contribution in [-0.4, -0.2) is 11.9 Å². The van der Waals surface area contributed by atoms with Crippen LogP contribution in [0.25, 0.3) is 0 Å². The molecule has 1 aliphatic carbocycles. The van der Waals surface area contributed by atoms with Crippen molar-refractivity contribution in [2.45, 2.75) is 38.3 Å². The maximum atomic E-state index is 13.6. The standard InChI is InChI=1S/C14H18F2N2O/c1-8(10-6-5-9(15)7-12(10)16)18-14(19)11-3-2-4-13(11)17/h5-8,11,13H,2-4,17H2,1H3,(H,18,19). The Kier molecular flexibility index (Phi) is 4.14. The molecule has 5 heteroatoms. The van der Waals surface area contributed by atoms with Crippen molar-refractivity contribution in [3.05, 3.63) is 35.4 Å². The third-order valence-corrected chi connectivity index (χ3v) is 3.69. The maximum Gasteiger partial charge on any atom is 0.225 e. The Morgan fingerprint density at radius 1 is 1.42 bits per heavy atom. The minimum Gasteiger partial charge on any atom is -0.349 e. The van der Waals surface area contributed by atoms with E-state index in [1.54, 1.807) is 6.92 Å². The van der Waals surface area contributed by atoms with Gasteiger partial charge in [-0.15, -0.1) is 0 Å². The number of nitrogens with one attached hydrogen (secondary N) is 1. The van der Waals surface area contributed by atoms with Gasteiger partial charge in [-0.25, -0.2) is 8.78 Å². The van der Waals surface area contributed by atoms with Crippen molar-refractivity contribution in [1.82, 2.24) is 5.32 Å². The monoisotopic (exact) mass is 268 g/mol. The summed E-state index contributed by atoms with van der Waals surface area (Å²) in [5.74, 6) is -1.63. The van der Waals surface area contributed by atoms with Crippen LogP contribution in [0.5, 0.6) is 0 Å². The molecule has 0 heterocycles. The first-order valence-corrected chi connectivity index (χ1v) is 6.50. The number of nitrogens with two attached hydrogens (primary N) is 1. The zero-order valence-corrected chi connectivity index (χ0v) is 10.8. The smallest absolute Gasteiger partial charge is 0.225 e. The summed E-state index contributed by atoms with van der Waals surface area (Å²) in [4.78, 5) is 12.0. The molecule has 0 spiro atoms. The Morgan fingerprint density at radius 2 is 2.16 bits per heavy atom. The minimum atomic E-state index is -0.650. The van der Waals surface area contributed by atoms with Gasteiger partial charge in [0.25, 0.3) is 0 Å². The Bertz CT molecular complexity index is 479. The predicted octanol–water partition coefficient (Wildman–Crippen LogP) is 2.27. The highest BCUT2D eigenvalue weighted by Gasteiger charge is 2.31. The van der Waals surface area contributed by atoms with E-state index >= 15 is 0 Å². The first kappa shape index (κ1) is 13.9. The molecule has 3 unspecified atom stereocenters. The van der Waals surface area contributed by atoms with E-state index in [-0.39, 0.29) is 23.4 Å². The molecular weight excluding hydrogens is 250 g/mol. The van der Waals surface area contributed by atoms with Gasteiger partial charge in [0, 0.05) is 17.7 Å². The van der Waals surface area contributed by atoms with Crippen molar-refractivity contribution in [3.63, 3.8) is 0 Å². The molecule has 1 aromatic carbocycles. The van der Waals surface area contributed by atoms with Crippen molar-refractivity contribution < 1.29 is 13.6 Å². The van der Waals surface area contributed by atoms with Crippen LogP contribution in [0.1, 0.15) is 37.8 Å². The molecule has 19 heavy (non-hydrogen) atoms. The van der Waals surface area contributed by atoms with Crippen LogP contribution in [0, 0.1) is 17.6 Å². The van der Waals surface area contributed by atoms with Crippen LogP contribution in [-0.2, 0) is 4.79 Å². The molecule has 1 aromatic rings. The second-order valence-electron chi connectivity index (χ2n) is 5.10. The molecule has 0 aromatic heterocycles. The Hall–Kier alpha value is -1.49. The van der Waals surface area contributed by atoms with Crippen LogP contribution in [0.15, 0.2) is 18.2 Å². The molecule has 0 bridgehead atoms. The summed E-state index contributed by atoms with van der Waals surface area (Å²) in [5, 5.41) is 2.75. The largest absolute Gasteiger partial charge is 0.349 e. The van der Waals surface area contributed by atoms with Crippen LogP contribution in [0.4, 0.5) is 8.78 Å². The number of benzene rings is 1. The van der Waals surface area contributed by atoms with Crippen LogP contribution in [0.2, 0.25) is 0 Å². The van der Waals surface area contributed by atoms with Gasteiger partial charge in [-0.3, -0.25) is 4.79 Å². The normalized spacial score (nSPS) is 24.2. The van der Waals surface area contributed by atoms with Gasteiger partial charge >= 0.3 is 0 Å². The van der Waals surface area contributed by atoms with Crippen molar-refractivity contribution in [3.8, 4) is 0 Å². The van der Waals surface area contributed by atoms with E-state index in [1.807, 2.05) is 0 Å². The first-order valence-electron chi connectivity index (χ1n) is 6.50. The molecule has 0 aliphatic heterocycles. The van der Waals surface area contributed by atoms with Gasteiger partial charge in [-0.05, 0) is 25.8 Å². The van der Waals surface area contributed by atoms with Crippen molar-refractivity contribution in [1.29, 1.82) is 0 Å². The Labute approximate surface area is 111 Å². The molecule has 3 nitrogen and oxygen atoms in total. The Morgan fingerprint density at radius 3 is 2.74 bits per heavy atom. The molecule has 3 atom stereocenters. The fraction of sp³-hybridized carbons (Fsp3) is 0.500. The van der Waals surface area contributed by atoms with E-state index in [9.17, 15) is 13.6 Å². The average molecular weight is 268 g/mol. The zero-order valence-electron chi connectivity index (χ0n) is 10.8. The van der Waals surface area contributed by atoms with Crippen molar-refractivity contribution in [2.75, 3.05) is 0 Å². The summed E-state index contributed by atoms with van der Waals surface area (Å²) < 4.78 is 26.4. The van der Waals surface area contributed by atoms with Crippen LogP contribution in [0.3, 0.4) is 0 Å². The fourth-order valence-electron chi connectivity index (χ4n) is 2.57. The van der Waals surface area contributed by atoms with E-state index in [0.29, 0.717) is 0 Å². The quantitative estimate of drug-likeness (QED) is 0.883. The lowest BCUT2D eigenvalue weighted by Gasteiger charge is -2.20. The Balaban J connectivity index is 2.04. The lowest BCUT2D eigenvalue weighted by molar-refractivity contribution is -0.125. The number of halogens is 2. The fourth-order valence-corrected chi connectivity index (χ4v) is 2.57. The lowest BCUT2D eigenvalue weighted by Crippen LogP contribution is -2.39. The van der Waals surface area contributed by atoms with E-state index in [2.05, 4.69) is 5.32 Å². The molecule has 0 saturated heterocycles. The number of hydrogen-bond donors (Lipinski definition) is 2. The summed E-state index contributed by atoms with van der Waals surface area (Å²) in [6.07, 6.45) is 2.56. The van der Waals surface area contributed by atoms with Gasteiger partial charge in [-0.2, -0.15) is 0 Å². The molecule has 1 saturated carbocycles. The predicted molar refractivity (Wildman–Crippen MR) is 68.2 cm³/mol. The van der Waals surface area contributed by atoms with E-state index in [0.717, 1.165) is 25.3 Å². The minimum absolute atomic E-state index is 0.120. The van der Waals surface area contributed by atoms with Gasteiger partial charge in [0.15, 0.2) is 0 Å². The number of amides is 1. The molecular formula is C14H18F2N2O. The van der Waals surface area contributed by atoms with E-state index < -0.39 is 17.7 Å². The summed E-state index contributed by atoms with van der Waals surface area (Å²) in [6, 6.07) is 2.73. The zero-order chi connectivity index (χ0) is 14.0. The highest BCUT2D eigenvalue weighted by molar-refractivity contribution is 5.80. The van der Waals surface area contributed by atoms with Crippen molar-refractivity contribution >= 4 is 5.91 Å². The number of rotatable bonds is 3. The third-order valence-electron chi connectivity index (χ3n) is 3.69. The first-order chi connectivity index (χ1) is 8.99. The summed E-state index contributed by atoms with van der Waals surface area (Å²) in [7, 11) is 0. The molecule has 3 N–H and O–H groups in total. The SMILES string of the molecule is CC(NC(=O)C1CCCC1N)c1ccc(F)cc1F. The average Bonchev–Trinajstić information content (AvgIpc) is 2.75. The highest BCUT2D eigenvalue weighted by Crippen LogP contribution is 2.25. The molecule has 2 rings (SSSR count). The lowest BCUT2D eigenvalue weighted by atomic mass is 10.0. The maximum absolute atomic E-state index is 13.6. The van der Waals surface area contributed by atoms with Gasteiger partial charge in [0.05, 0.1) is 12.0 Å². The van der Waals surface area contributed by atoms with Gasteiger partial charge in [0.2, 0.25) is 5.91 Å². The third kappa shape index (κ3) is 3.10. The highest BCUT2D eigenvalue weighted by atomic mass is 19.1. The van der Waals surface area contributed by atoms with Crippen LogP contribution < -0.4 is 11.1 Å². The van der Waals surface area contributed by atoms with Gasteiger partial charge in [0.1, 0.15) is 11.6 Å². The van der Waals surface area contributed by atoms with Gasteiger partial charge in [-0.1, -0.05) is 12.5 Å².